The standard InChI is InChI=1S/C38H44F5N3O4/c1-23-17-28(39)18-25-10-6-4-3-5-7-12-32(37(50)44-31(21-34(48)49)29-19-27(35(23)25)16-24(2)36(29)40)46-22-26(11-8-13-45-14-9-15-45)30(20-33(46)47)38(41,42)43/h16-20,22,31-32H,3-15,21H2,1-2H3,(H,44,50)(H,48,49)/t31-,32-/m0/s1. The van der Waals surface area contributed by atoms with Crippen molar-refractivity contribution in [2.75, 3.05) is 19.6 Å². The smallest absolute Gasteiger partial charge is 0.416 e. The second-order valence-corrected chi connectivity index (χ2v) is 13.7. The van der Waals surface area contributed by atoms with E-state index in [0.29, 0.717) is 55.0 Å². The molecule has 7 nitrogen and oxygen atoms in total. The molecule has 2 atom stereocenters. The van der Waals surface area contributed by atoms with E-state index in [1.54, 1.807) is 13.0 Å². The van der Waals surface area contributed by atoms with Crippen molar-refractivity contribution < 1.29 is 36.6 Å². The molecule has 2 bridgehead atoms. The first-order valence-corrected chi connectivity index (χ1v) is 17.4. The van der Waals surface area contributed by atoms with Crippen molar-refractivity contribution in [2.45, 2.75) is 103 Å². The lowest BCUT2D eigenvalue weighted by atomic mass is 9.88. The van der Waals surface area contributed by atoms with E-state index in [1.807, 2.05) is 0 Å². The van der Waals surface area contributed by atoms with Crippen LogP contribution in [0, 0.1) is 25.5 Å². The number of hydrogen-bond donors (Lipinski definition) is 2. The maximum Gasteiger partial charge on any atom is 0.416 e. The molecule has 0 radical (unpaired) electrons. The minimum Gasteiger partial charge on any atom is -0.481 e. The summed E-state index contributed by atoms with van der Waals surface area (Å²) in [5, 5.41) is 12.5. The van der Waals surface area contributed by atoms with Crippen LogP contribution in [0.5, 0.6) is 0 Å². The van der Waals surface area contributed by atoms with Crippen LogP contribution >= 0.6 is 0 Å². The average Bonchev–Trinajstić information content (AvgIpc) is 3.00. The third-order valence-electron chi connectivity index (χ3n) is 9.92. The van der Waals surface area contributed by atoms with Crippen molar-refractivity contribution in [3.8, 4) is 11.1 Å². The molecule has 3 aromatic rings. The molecule has 0 spiro atoms. The molecule has 2 N–H and O–H groups in total. The normalized spacial score (nSPS) is 19.4. The lowest BCUT2D eigenvalue weighted by molar-refractivity contribution is -0.139. The van der Waals surface area contributed by atoms with E-state index in [4.69, 9.17) is 0 Å². The molecule has 1 saturated heterocycles. The second kappa shape index (κ2) is 15.9. The fraction of sp³-hybridized carbons (Fsp3) is 0.500. The summed E-state index contributed by atoms with van der Waals surface area (Å²) >= 11 is 0. The molecular weight excluding hydrogens is 657 g/mol. The Morgan fingerprint density at radius 1 is 0.940 bits per heavy atom. The Morgan fingerprint density at radius 2 is 1.66 bits per heavy atom. The predicted molar refractivity (Wildman–Crippen MR) is 180 cm³/mol. The number of halogens is 5. The summed E-state index contributed by atoms with van der Waals surface area (Å²) in [6.45, 7) is 5.66. The number of hydrogen-bond acceptors (Lipinski definition) is 4. The monoisotopic (exact) mass is 701 g/mol. The van der Waals surface area contributed by atoms with Crippen molar-refractivity contribution in [1.29, 1.82) is 0 Å². The number of alkyl halides is 3. The number of carboxylic acids is 1. The number of benzene rings is 2. The van der Waals surface area contributed by atoms with Crippen LogP contribution in [0.4, 0.5) is 22.0 Å². The largest absolute Gasteiger partial charge is 0.481 e. The maximum absolute atomic E-state index is 15.9. The van der Waals surface area contributed by atoms with E-state index in [-0.39, 0.29) is 29.5 Å². The number of fused-ring (bicyclic) bond motifs is 4. The van der Waals surface area contributed by atoms with E-state index in [9.17, 15) is 37.1 Å². The molecule has 0 aliphatic carbocycles. The predicted octanol–water partition coefficient (Wildman–Crippen LogP) is 7.84. The summed E-state index contributed by atoms with van der Waals surface area (Å²) in [6, 6.07) is 3.83. The quantitative estimate of drug-likeness (QED) is 0.245. The third kappa shape index (κ3) is 8.80. The summed E-state index contributed by atoms with van der Waals surface area (Å²) in [4.78, 5) is 41.7. The highest BCUT2D eigenvalue weighted by molar-refractivity contribution is 5.82. The number of aryl methyl sites for hydroxylation is 4. The Bertz CT molecular complexity index is 1780. The van der Waals surface area contributed by atoms with Crippen LogP contribution < -0.4 is 10.9 Å². The van der Waals surface area contributed by atoms with Crippen molar-refractivity contribution in [3.63, 3.8) is 0 Å². The summed E-state index contributed by atoms with van der Waals surface area (Å²) in [6.07, 6.45) is 1.22. The minimum atomic E-state index is -4.77. The van der Waals surface area contributed by atoms with Crippen LogP contribution in [-0.2, 0) is 28.6 Å². The van der Waals surface area contributed by atoms with Gasteiger partial charge in [0.05, 0.1) is 18.0 Å². The fourth-order valence-corrected chi connectivity index (χ4v) is 7.28. The molecule has 3 heterocycles. The highest BCUT2D eigenvalue weighted by Gasteiger charge is 2.36. The van der Waals surface area contributed by atoms with Crippen molar-refractivity contribution in [2.24, 2.45) is 0 Å². The van der Waals surface area contributed by atoms with Gasteiger partial charge in [-0.1, -0.05) is 25.7 Å². The van der Waals surface area contributed by atoms with E-state index in [0.717, 1.165) is 55.1 Å². The van der Waals surface area contributed by atoms with Crippen LogP contribution in [0.15, 0.2) is 41.3 Å². The van der Waals surface area contributed by atoms with Gasteiger partial charge in [0.2, 0.25) is 5.91 Å². The first-order chi connectivity index (χ1) is 23.7. The van der Waals surface area contributed by atoms with E-state index < -0.39 is 59.3 Å². The van der Waals surface area contributed by atoms with Gasteiger partial charge in [0.15, 0.2) is 0 Å². The van der Waals surface area contributed by atoms with E-state index >= 15 is 4.39 Å². The average molecular weight is 702 g/mol. The van der Waals surface area contributed by atoms with Gasteiger partial charge in [0.25, 0.3) is 5.56 Å². The van der Waals surface area contributed by atoms with Crippen molar-refractivity contribution in [3.05, 3.63) is 91.9 Å². The second-order valence-electron chi connectivity index (χ2n) is 13.7. The van der Waals surface area contributed by atoms with Gasteiger partial charge in [0, 0.05) is 17.8 Å². The van der Waals surface area contributed by atoms with Crippen LogP contribution in [-0.4, -0.2) is 46.1 Å². The van der Waals surface area contributed by atoms with Gasteiger partial charge in [-0.15, -0.1) is 0 Å². The molecule has 270 valence electrons. The molecule has 2 aliphatic heterocycles. The number of rotatable bonds is 7. The Kier molecular flexibility index (Phi) is 11.8. The van der Waals surface area contributed by atoms with Gasteiger partial charge >= 0.3 is 12.1 Å². The lowest BCUT2D eigenvalue weighted by Crippen LogP contribution is -2.40. The number of pyridine rings is 1. The zero-order valence-corrected chi connectivity index (χ0v) is 28.5. The zero-order valence-electron chi connectivity index (χ0n) is 28.5. The first kappa shape index (κ1) is 37.2. The number of aliphatic carboxylic acids is 1. The van der Waals surface area contributed by atoms with Crippen LogP contribution in [0.3, 0.4) is 0 Å². The van der Waals surface area contributed by atoms with Crippen LogP contribution in [0.1, 0.15) is 103 Å². The molecule has 5 rings (SSSR count). The van der Waals surface area contributed by atoms with Gasteiger partial charge in [-0.25, -0.2) is 8.78 Å². The number of carbonyl (C=O) groups excluding carboxylic acids is 1. The molecule has 1 aromatic heterocycles. The number of aromatic nitrogens is 1. The van der Waals surface area contributed by atoms with Gasteiger partial charge in [-0.3, -0.25) is 14.4 Å². The van der Waals surface area contributed by atoms with Gasteiger partial charge in [-0.2, -0.15) is 13.2 Å². The van der Waals surface area contributed by atoms with Crippen molar-refractivity contribution >= 4 is 11.9 Å². The van der Waals surface area contributed by atoms with Crippen LogP contribution in [0.25, 0.3) is 11.1 Å². The van der Waals surface area contributed by atoms with Crippen LogP contribution in [0.2, 0.25) is 0 Å². The minimum absolute atomic E-state index is 0.0453. The molecule has 0 saturated carbocycles. The molecule has 2 aliphatic rings. The summed E-state index contributed by atoms with van der Waals surface area (Å²) < 4.78 is 73.8. The number of amides is 1. The van der Waals surface area contributed by atoms with E-state index in [1.165, 1.54) is 25.1 Å². The highest BCUT2D eigenvalue weighted by atomic mass is 19.4. The molecule has 12 heteroatoms. The molecule has 2 aromatic carbocycles. The van der Waals surface area contributed by atoms with Gasteiger partial charge in [0.1, 0.15) is 17.7 Å². The van der Waals surface area contributed by atoms with Crippen molar-refractivity contribution in [1.82, 2.24) is 14.8 Å². The molecule has 0 unspecified atom stereocenters. The maximum atomic E-state index is 15.9. The molecular formula is C38H44F5N3O4. The molecule has 1 amide bonds. The lowest BCUT2D eigenvalue weighted by Gasteiger charge is -2.30. The summed E-state index contributed by atoms with van der Waals surface area (Å²) in [5.41, 5.74) is 0.576. The highest BCUT2D eigenvalue weighted by Crippen LogP contribution is 2.36. The summed E-state index contributed by atoms with van der Waals surface area (Å²) in [5.74, 6) is -3.23. The fourth-order valence-electron chi connectivity index (χ4n) is 7.28. The number of nitrogens with zero attached hydrogens (tertiary/aromatic N) is 2. The molecule has 1 fully saturated rings. The first-order valence-electron chi connectivity index (χ1n) is 17.4. The van der Waals surface area contributed by atoms with E-state index in [2.05, 4.69) is 10.2 Å². The van der Waals surface area contributed by atoms with Gasteiger partial charge in [-0.05, 0) is 130 Å². The Hall–Kier alpha value is -4.06. The number of carboxylic acid groups (broad SMARTS) is 1. The zero-order chi connectivity index (χ0) is 36.2. The number of likely N-dealkylation sites (tertiary alicyclic amines) is 1. The SMILES string of the molecule is Cc1cc2cc(c1F)[C@H](CC(=O)O)NC(=O)[C@@H](n1cc(CCCN3CCC3)c(C(F)(F)F)cc1=O)CCCCCCCc1cc(F)cc(C)c1-2. The Balaban J connectivity index is 1.58. The van der Waals surface area contributed by atoms with Gasteiger partial charge < -0.3 is 19.9 Å². The number of nitrogens with one attached hydrogen (secondary N) is 1. The topological polar surface area (TPSA) is 91.6 Å². The Labute approximate surface area is 288 Å². The summed E-state index contributed by atoms with van der Waals surface area (Å²) in [7, 11) is 0. The Morgan fingerprint density at radius 3 is 2.34 bits per heavy atom. The molecule has 50 heavy (non-hydrogen) atoms. The third-order valence-corrected chi connectivity index (χ3v) is 9.92. The number of carbonyl (C=O) groups is 2.